The van der Waals surface area contributed by atoms with E-state index in [0.717, 1.165) is 57.3 Å². The standard InChI is InChI=1S/C20H30N2O2/c1-3-4-11-21(2)20(24)15-9-12-22(13-10-15)18-14-16-7-5-6-8-17(16)19(18)23/h5-8,15,18-19,23H,3-4,9-14H2,1-2H3/t18-,19+/m1/s1. The van der Waals surface area contributed by atoms with Crippen molar-refractivity contribution in [2.75, 3.05) is 26.7 Å². The van der Waals surface area contributed by atoms with Crippen LogP contribution in [0.5, 0.6) is 0 Å². The van der Waals surface area contributed by atoms with Gasteiger partial charge in [-0.1, -0.05) is 37.6 Å². The summed E-state index contributed by atoms with van der Waals surface area (Å²) in [5.41, 5.74) is 2.35. The zero-order valence-electron chi connectivity index (χ0n) is 14.9. The summed E-state index contributed by atoms with van der Waals surface area (Å²) in [5, 5.41) is 10.6. The molecule has 1 amide bonds. The van der Waals surface area contributed by atoms with Gasteiger partial charge in [-0.25, -0.2) is 0 Å². The minimum Gasteiger partial charge on any atom is -0.387 e. The van der Waals surface area contributed by atoms with Crippen molar-refractivity contribution in [1.29, 1.82) is 0 Å². The van der Waals surface area contributed by atoms with Crippen molar-refractivity contribution in [2.45, 2.75) is 51.2 Å². The first-order valence-electron chi connectivity index (χ1n) is 9.36. The molecule has 1 fully saturated rings. The summed E-state index contributed by atoms with van der Waals surface area (Å²) < 4.78 is 0. The Morgan fingerprint density at radius 3 is 2.67 bits per heavy atom. The Morgan fingerprint density at radius 1 is 1.29 bits per heavy atom. The number of carbonyl (C=O) groups excluding carboxylic acids is 1. The molecular weight excluding hydrogens is 300 g/mol. The van der Waals surface area contributed by atoms with Gasteiger partial charge in [0.15, 0.2) is 0 Å². The van der Waals surface area contributed by atoms with Crippen LogP contribution in [-0.4, -0.2) is 53.5 Å². The van der Waals surface area contributed by atoms with Crippen molar-refractivity contribution >= 4 is 5.91 Å². The van der Waals surface area contributed by atoms with Crippen molar-refractivity contribution in [2.24, 2.45) is 5.92 Å². The average Bonchev–Trinajstić information content (AvgIpc) is 2.96. The van der Waals surface area contributed by atoms with E-state index in [9.17, 15) is 9.90 Å². The Bertz CT molecular complexity index is 567. The fourth-order valence-electron chi connectivity index (χ4n) is 4.18. The molecule has 4 nitrogen and oxygen atoms in total. The summed E-state index contributed by atoms with van der Waals surface area (Å²) in [6.07, 6.45) is 4.56. The van der Waals surface area contributed by atoms with Crippen LogP contribution in [0, 0.1) is 5.92 Å². The fourth-order valence-corrected chi connectivity index (χ4v) is 4.18. The van der Waals surface area contributed by atoms with Crippen molar-refractivity contribution in [3.63, 3.8) is 0 Å². The number of benzene rings is 1. The van der Waals surface area contributed by atoms with E-state index >= 15 is 0 Å². The predicted octanol–water partition coefficient (Wildman–Crippen LogP) is 2.62. The molecule has 0 unspecified atom stereocenters. The summed E-state index contributed by atoms with van der Waals surface area (Å²) in [6, 6.07) is 8.39. The van der Waals surface area contributed by atoms with Gasteiger partial charge in [0.2, 0.25) is 5.91 Å². The van der Waals surface area contributed by atoms with Crippen LogP contribution in [0.2, 0.25) is 0 Å². The Labute approximate surface area is 145 Å². The molecule has 3 rings (SSSR count). The van der Waals surface area contributed by atoms with Gasteiger partial charge >= 0.3 is 0 Å². The first-order chi connectivity index (χ1) is 11.6. The molecule has 0 bridgehead atoms. The lowest BCUT2D eigenvalue weighted by Gasteiger charge is -2.37. The minimum absolute atomic E-state index is 0.157. The molecule has 2 atom stereocenters. The molecule has 1 saturated heterocycles. The maximum Gasteiger partial charge on any atom is 0.225 e. The van der Waals surface area contributed by atoms with E-state index in [4.69, 9.17) is 0 Å². The SMILES string of the molecule is CCCCN(C)C(=O)C1CCN([C@@H]2Cc3ccccc3[C@@H]2O)CC1. The number of aliphatic hydroxyl groups is 1. The zero-order chi connectivity index (χ0) is 17.1. The van der Waals surface area contributed by atoms with Gasteiger partial charge in [-0.05, 0) is 49.9 Å². The van der Waals surface area contributed by atoms with E-state index in [0.29, 0.717) is 5.91 Å². The van der Waals surface area contributed by atoms with Crippen molar-refractivity contribution in [3.8, 4) is 0 Å². The van der Waals surface area contributed by atoms with Crippen molar-refractivity contribution < 1.29 is 9.90 Å². The van der Waals surface area contributed by atoms with Crippen LogP contribution in [0.15, 0.2) is 24.3 Å². The van der Waals surface area contributed by atoms with Gasteiger partial charge in [0, 0.05) is 25.6 Å². The average molecular weight is 330 g/mol. The quantitative estimate of drug-likeness (QED) is 0.902. The highest BCUT2D eigenvalue weighted by atomic mass is 16.3. The van der Waals surface area contributed by atoms with Crippen LogP contribution in [0.1, 0.15) is 49.8 Å². The van der Waals surface area contributed by atoms with Gasteiger partial charge in [0.25, 0.3) is 0 Å². The number of rotatable bonds is 5. The van der Waals surface area contributed by atoms with E-state index in [1.165, 1.54) is 5.56 Å². The molecule has 0 aromatic heterocycles. The Hall–Kier alpha value is -1.39. The van der Waals surface area contributed by atoms with Crippen LogP contribution in [0.25, 0.3) is 0 Å². The second-order valence-corrected chi connectivity index (χ2v) is 7.34. The molecule has 0 saturated carbocycles. The molecule has 1 aliphatic heterocycles. The largest absolute Gasteiger partial charge is 0.387 e. The zero-order valence-corrected chi connectivity index (χ0v) is 14.9. The van der Waals surface area contributed by atoms with Crippen LogP contribution in [0.4, 0.5) is 0 Å². The number of hydrogen-bond acceptors (Lipinski definition) is 3. The van der Waals surface area contributed by atoms with Crippen LogP contribution >= 0.6 is 0 Å². The van der Waals surface area contributed by atoms with E-state index in [-0.39, 0.29) is 18.1 Å². The monoisotopic (exact) mass is 330 g/mol. The Balaban J connectivity index is 1.54. The van der Waals surface area contributed by atoms with Crippen molar-refractivity contribution in [3.05, 3.63) is 35.4 Å². The van der Waals surface area contributed by atoms with Crippen LogP contribution in [-0.2, 0) is 11.2 Å². The lowest BCUT2D eigenvalue weighted by molar-refractivity contribution is -0.136. The smallest absolute Gasteiger partial charge is 0.225 e. The van der Waals surface area contributed by atoms with Gasteiger partial charge in [-0.3, -0.25) is 9.69 Å². The third-order valence-electron chi connectivity index (χ3n) is 5.74. The molecule has 1 aromatic rings. The molecule has 1 heterocycles. The van der Waals surface area contributed by atoms with Gasteiger partial charge < -0.3 is 10.0 Å². The van der Waals surface area contributed by atoms with Gasteiger partial charge in [0.05, 0.1) is 6.10 Å². The van der Waals surface area contributed by atoms with Gasteiger partial charge in [-0.15, -0.1) is 0 Å². The second-order valence-electron chi connectivity index (χ2n) is 7.34. The highest BCUT2D eigenvalue weighted by molar-refractivity contribution is 5.78. The number of hydrogen-bond donors (Lipinski definition) is 1. The van der Waals surface area contributed by atoms with E-state index < -0.39 is 0 Å². The molecular formula is C20H30N2O2. The van der Waals surface area contributed by atoms with E-state index in [1.807, 2.05) is 30.1 Å². The van der Waals surface area contributed by atoms with E-state index in [2.05, 4.69) is 17.9 Å². The first-order valence-corrected chi connectivity index (χ1v) is 9.36. The Kier molecular flexibility index (Phi) is 5.57. The molecule has 0 radical (unpaired) electrons. The summed E-state index contributed by atoms with van der Waals surface area (Å²) in [6.45, 7) is 4.84. The van der Waals surface area contributed by atoms with Crippen molar-refractivity contribution in [1.82, 2.24) is 9.80 Å². The number of fused-ring (bicyclic) bond motifs is 1. The number of piperidine rings is 1. The Morgan fingerprint density at radius 2 is 2.00 bits per heavy atom. The molecule has 132 valence electrons. The number of likely N-dealkylation sites (tertiary alicyclic amines) is 1. The fraction of sp³-hybridized carbons (Fsp3) is 0.650. The molecule has 1 aromatic carbocycles. The molecule has 4 heteroatoms. The lowest BCUT2D eigenvalue weighted by Crippen LogP contribution is -2.46. The highest BCUT2D eigenvalue weighted by Crippen LogP contribution is 2.36. The summed E-state index contributed by atoms with van der Waals surface area (Å²) >= 11 is 0. The molecule has 1 aliphatic carbocycles. The van der Waals surface area contributed by atoms with Crippen LogP contribution < -0.4 is 0 Å². The normalized spacial score (nSPS) is 24.8. The van der Waals surface area contributed by atoms with Crippen LogP contribution in [0.3, 0.4) is 0 Å². The first kappa shape index (κ1) is 17.4. The minimum atomic E-state index is -0.388. The lowest BCUT2D eigenvalue weighted by atomic mass is 9.93. The highest BCUT2D eigenvalue weighted by Gasteiger charge is 2.37. The maximum atomic E-state index is 12.5. The summed E-state index contributed by atoms with van der Waals surface area (Å²) in [5.74, 6) is 0.461. The maximum absolute atomic E-state index is 12.5. The summed E-state index contributed by atoms with van der Waals surface area (Å²) in [7, 11) is 1.93. The van der Waals surface area contributed by atoms with Gasteiger partial charge in [-0.2, -0.15) is 0 Å². The number of nitrogens with zero attached hydrogens (tertiary/aromatic N) is 2. The number of carbonyl (C=O) groups is 1. The van der Waals surface area contributed by atoms with E-state index in [1.54, 1.807) is 0 Å². The molecule has 1 N–H and O–H groups in total. The number of unbranched alkanes of at least 4 members (excludes halogenated alkanes) is 1. The second kappa shape index (κ2) is 7.66. The third-order valence-corrected chi connectivity index (χ3v) is 5.74. The summed E-state index contributed by atoms with van der Waals surface area (Å²) in [4.78, 5) is 16.8. The molecule has 24 heavy (non-hydrogen) atoms. The predicted molar refractivity (Wildman–Crippen MR) is 95.7 cm³/mol. The number of amides is 1. The number of aliphatic hydroxyl groups excluding tert-OH is 1. The van der Waals surface area contributed by atoms with Gasteiger partial charge in [0.1, 0.15) is 0 Å². The molecule has 0 spiro atoms. The third kappa shape index (κ3) is 3.50. The molecule has 2 aliphatic rings. The topological polar surface area (TPSA) is 43.8 Å².